The van der Waals surface area contributed by atoms with E-state index < -0.39 is 20.9 Å². The minimum atomic E-state index is -3.71. The first-order valence-corrected chi connectivity index (χ1v) is 10.9. The number of hydrazone groups is 1. The standard InChI is InChI=1S/C20H18N6O5S/c1-13-20-19(16-5-3-4-6-17(16)32(30,31)24(20)2)23-25(13)12-18(27)22-21-11-14-7-9-15(10-8-14)26(28)29/h3-11H,12H2,1-2H3,(H,22,27)/b21-11+. The van der Waals surface area contributed by atoms with E-state index in [0.29, 0.717) is 28.2 Å². The molecule has 0 saturated carbocycles. The second-order valence-electron chi connectivity index (χ2n) is 7.05. The molecule has 0 atom stereocenters. The molecule has 0 saturated heterocycles. The van der Waals surface area contributed by atoms with E-state index in [9.17, 15) is 23.3 Å². The Bertz CT molecular complexity index is 1360. The van der Waals surface area contributed by atoms with Crippen LogP contribution < -0.4 is 9.73 Å². The lowest BCUT2D eigenvalue weighted by Gasteiger charge is -2.26. The predicted molar refractivity (Wildman–Crippen MR) is 117 cm³/mol. The molecule has 1 N–H and O–H groups in total. The van der Waals surface area contributed by atoms with Gasteiger partial charge < -0.3 is 0 Å². The van der Waals surface area contributed by atoms with Crippen molar-refractivity contribution in [3.05, 3.63) is 69.9 Å². The zero-order valence-corrected chi connectivity index (χ0v) is 17.9. The average molecular weight is 454 g/mol. The van der Waals surface area contributed by atoms with Crippen molar-refractivity contribution in [1.82, 2.24) is 15.2 Å². The highest BCUT2D eigenvalue weighted by atomic mass is 32.2. The second kappa shape index (κ2) is 7.89. The Kier molecular flexibility index (Phi) is 5.22. The van der Waals surface area contributed by atoms with Gasteiger partial charge in [0.25, 0.3) is 21.6 Å². The van der Waals surface area contributed by atoms with E-state index in [4.69, 9.17) is 0 Å². The third-order valence-electron chi connectivity index (χ3n) is 5.07. The SMILES string of the molecule is Cc1c2c(nn1CC(=O)N/N=C/c1ccc([N+](=O)[O-])cc1)-c1ccccc1S(=O)(=O)N2C. The molecule has 164 valence electrons. The molecule has 2 aromatic carbocycles. The van der Waals surface area contributed by atoms with E-state index in [1.165, 1.54) is 52.6 Å². The second-order valence-corrected chi connectivity index (χ2v) is 8.99. The Labute approximate surface area is 183 Å². The lowest BCUT2D eigenvalue weighted by atomic mass is 10.1. The van der Waals surface area contributed by atoms with Crippen LogP contribution in [0.5, 0.6) is 0 Å². The van der Waals surface area contributed by atoms with Crippen molar-refractivity contribution in [3.8, 4) is 11.3 Å². The van der Waals surface area contributed by atoms with Crippen LogP contribution in [0.2, 0.25) is 0 Å². The Morgan fingerprint density at radius 2 is 1.91 bits per heavy atom. The van der Waals surface area contributed by atoms with Gasteiger partial charge in [-0.3, -0.25) is 23.9 Å². The molecule has 12 heteroatoms. The number of fused-ring (bicyclic) bond motifs is 3. The van der Waals surface area contributed by atoms with E-state index in [1.54, 1.807) is 25.1 Å². The van der Waals surface area contributed by atoms with Gasteiger partial charge in [0.05, 0.1) is 21.7 Å². The zero-order valence-electron chi connectivity index (χ0n) is 17.1. The molecule has 0 radical (unpaired) electrons. The van der Waals surface area contributed by atoms with Crippen LogP contribution in [0.3, 0.4) is 0 Å². The van der Waals surface area contributed by atoms with Crippen LogP contribution in [0, 0.1) is 17.0 Å². The maximum absolute atomic E-state index is 12.8. The van der Waals surface area contributed by atoms with E-state index in [0.717, 1.165) is 0 Å². The van der Waals surface area contributed by atoms with Gasteiger partial charge >= 0.3 is 0 Å². The molecule has 2 heterocycles. The summed E-state index contributed by atoms with van der Waals surface area (Å²) in [6.07, 6.45) is 1.36. The Morgan fingerprint density at radius 3 is 2.59 bits per heavy atom. The number of rotatable bonds is 5. The first kappa shape index (κ1) is 21.2. The molecule has 0 fully saturated rings. The van der Waals surface area contributed by atoms with Crippen molar-refractivity contribution >= 4 is 33.5 Å². The number of nitro groups is 1. The number of nitrogens with one attached hydrogen (secondary N) is 1. The number of anilines is 1. The van der Waals surface area contributed by atoms with Gasteiger partial charge in [-0.2, -0.15) is 10.2 Å². The van der Waals surface area contributed by atoms with Gasteiger partial charge in [0.2, 0.25) is 0 Å². The summed E-state index contributed by atoms with van der Waals surface area (Å²) in [4.78, 5) is 22.7. The topological polar surface area (TPSA) is 140 Å². The first-order chi connectivity index (χ1) is 15.2. The summed E-state index contributed by atoms with van der Waals surface area (Å²) in [6, 6.07) is 12.3. The lowest BCUT2D eigenvalue weighted by molar-refractivity contribution is -0.384. The molecule has 0 bridgehead atoms. The van der Waals surface area contributed by atoms with Gasteiger partial charge in [-0.15, -0.1) is 0 Å². The highest BCUT2D eigenvalue weighted by Gasteiger charge is 2.36. The van der Waals surface area contributed by atoms with E-state index >= 15 is 0 Å². The number of aromatic nitrogens is 2. The number of carbonyl (C=O) groups is 1. The Balaban J connectivity index is 1.53. The highest BCUT2D eigenvalue weighted by molar-refractivity contribution is 7.93. The number of hydrogen-bond donors (Lipinski definition) is 1. The minimum absolute atomic E-state index is 0.0436. The van der Waals surface area contributed by atoms with Crippen molar-refractivity contribution in [2.45, 2.75) is 18.4 Å². The largest absolute Gasteiger partial charge is 0.271 e. The first-order valence-electron chi connectivity index (χ1n) is 9.42. The summed E-state index contributed by atoms with van der Waals surface area (Å²) >= 11 is 0. The molecule has 1 amide bonds. The van der Waals surface area contributed by atoms with Crippen LogP contribution in [0.1, 0.15) is 11.3 Å². The molecule has 4 rings (SSSR count). The van der Waals surface area contributed by atoms with Crippen LogP contribution in [0.15, 0.2) is 58.5 Å². The van der Waals surface area contributed by atoms with Crippen molar-refractivity contribution in [1.29, 1.82) is 0 Å². The Hall–Kier alpha value is -4.06. The van der Waals surface area contributed by atoms with Crippen LogP contribution in [0.4, 0.5) is 11.4 Å². The molecule has 0 unspecified atom stereocenters. The maximum atomic E-state index is 12.8. The number of sulfonamides is 1. The van der Waals surface area contributed by atoms with Gasteiger partial charge in [0, 0.05) is 24.7 Å². The zero-order chi connectivity index (χ0) is 23.0. The molecular weight excluding hydrogens is 436 g/mol. The molecule has 0 spiro atoms. The summed E-state index contributed by atoms with van der Waals surface area (Å²) < 4.78 is 28.3. The molecule has 1 aromatic heterocycles. The fraction of sp³-hybridized carbons (Fsp3) is 0.150. The lowest BCUT2D eigenvalue weighted by Crippen LogP contribution is -2.30. The minimum Gasteiger partial charge on any atom is -0.271 e. The number of amides is 1. The smallest absolute Gasteiger partial charge is 0.269 e. The number of hydrogen-bond acceptors (Lipinski definition) is 7. The van der Waals surface area contributed by atoms with Gasteiger partial charge in [-0.25, -0.2) is 13.8 Å². The van der Waals surface area contributed by atoms with Gasteiger partial charge in [-0.05, 0) is 30.7 Å². The molecule has 0 aliphatic carbocycles. The fourth-order valence-corrected chi connectivity index (χ4v) is 4.88. The van der Waals surface area contributed by atoms with Crippen LogP contribution in [-0.4, -0.2) is 42.3 Å². The number of nitrogens with zero attached hydrogens (tertiary/aromatic N) is 5. The molecule has 1 aliphatic heterocycles. The van der Waals surface area contributed by atoms with Crippen LogP contribution >= 0.6 is 0 Å². The van der Waals surface area contributed by atoms with Gasteiger partial charge in [0.1, 0.15) is 17.9 Å². The number of nitro benzene ring substituents is 1. The number of benzene rings is 2. The summed E-state index contributed by atoms with van der Waals surface area (Å²) in [5.74, 6) is -0.468. The molecule has 1 aliphatic rings. The normalized spacial score (nSPS) is 14.1. The van der Waals surface area contributed by atoms with Crippen LogP contribution in [-0.2, 0) is 21.4 Å². The van der Waals surface area contributed by atoms with Crippen molar-refractivity contribution < 1.29 is 18.1 Å². The molecule has 32 heavy (non-hydrogen) atoms. The summed E-state index contributed by atoms with van der Waals surface area (Å²) in [5.41, 5.74) is 4.82. The number of carbonyl (C=O) groups excluding carboxylic acids is 1. The maximum Gasteiger partial charge on any atom is 0.269 e. The van der Waals surface area contributed by atoms with E-state index in [-0.39, 0.29) is 17.1 Å². The molecule has 11 nitrogen and oxygen atoms in total. The van der Waals surface area contributed by atoms with Crippen molar-refractivity contribution in [2.24, 2.45) is 5.10 Å². The average Bonchev–Trinajstić information content (AvgIpc) is 3.08. The molecule has 3 aromatic rings. The molecular formula is C20H18N6O5S. The predicted octanol–water partition coefficient (Wildman–Crippen LogP) is 2.06. The van der Waals surface area contributed by atoms with Crippen LogP contribution in [0.25, 0.3) is 11.3 Å². The summed E-state index contributed by atoms with van der Waals surface area (Å²) in [5, 5.41) is 19.0. The van der Waals surface area contributed by atoms with Gasteiger partial charge in [0.15, 0.2) is 0 Å². The monoisotopic (exact) mass is 454 g/mol. The van der Waals surface area contributed by atoms with E-state index in [2.05, 4.69) is 15.6 Å². The fourth-order valence-electron chi connectivity index (χ4n) is 3.44. The van der Waals surface area contributed by atoms with E-state index in [1.807, 2.05) is 0 Å². The van der Waals surface area contributed by atoms with Gasteiger partial charge in [-0.1, -0.05) is 18.2 Å². The quantitative estimate of drug-likeness (QED) is 0.355. The third kappa shape index (κ3) is 3.60. The summed E-state index contributed by atoms with van der Waals surface area (Å²) in [6.45, 7) is 1.52. The summed E-state index contributed by atoms with van der Waals surface area (Å²) in [7, 11) is -2.26. The van der Waals surface area contributed by atoms with Crippen molar-refractivity contribution in [3.63, 3.8) is 0 Å². The Morgan fingerprint density at radius 1 is 1.22 bits per heavy atom. The number of non-ortho nitro benzene ring substituents is 1. The highest BCUT2D eigenvalue weighted by Crippen LogP contribution is 2.43. The third-order valence-corrected chi connectivity index (χ3v) is 6.89. The van der Waals surface area contributed by atoms with Crippen molar-refractivity contribution in [2.75, 3.05) is 11.4 Å².